The van der Waals surface area contributed by atoms with E-state index in [1.54, 1.807) is 0 Å². The van der Waals surface area contributed by atoms with Crippen molar-refractivity contribution in [2.24, 2.45) is 0 Å². The lowest BCUT2D eigenvalue weighted by molar-refractivity contribution is 0.669. The van der Waals surface area contributed by atoms with Crippen molar-refractivity contribution in [3.63, 3.8) is 0 Å². The first-order chi connectivity index (χ1) is 31.7. The van der Waals surface area contributed by atoms with Gasteiger partial charge in [0.15, 0.2) is 17.5 Å². The maximum absolute atomic E-state index is 6.66. The maximum atomic E-state index is 6.66. The van der Waals surface area contributed by atoms with Gasteiger partial charge in [-0.2, -0.15) is 0 Å². The van der Waals surface area contributed by atoms with Crippen molar-refractivity contribution in [1.82, 2.24) is 15.0 Å². The number of benzene rings is 10. The van der Waals surface area contributed by atoms with Gasteiger partial charge in [-0.05, 0) is 104 Å². The average Bonchev–Trinajstić information content (AvgIpc) is 3.75. The molecule has 0 saturated carbocycles. The van der Waals surface area contributed by atoms with Crippen LogP contribution in [0.25, 0.3) is 99.9 Å². The standard InChI is InChI=1S/C59H38N4O/c1-3-14-39(15-4-1)44-20-11-23-49(37-44)63(47-21-5-2-6-22-47)48-33-30-41(31-34-48)45-32-35-52-55(38-45)64-54-27-13-26-53(56(52)54)59-61-57(46-29-28-40-16-7-8-18-43(40)36-46)60-58(62-59)51-25-12-19-42-17-9-10-24-50(42)51/h1-38H. The molecular weight excluding hydrogens is 781 g/mol. The molecule has 5 heteroatoms. The Bertz CT molecular complexity index is 3670. The molecule has 64 heavy (non-hydrogen) atoms. The van der Waals surface area contributed by atoms with E-state index in [-0.39, 0.29) is 0 Å². The number of hydrogen-bond donors (Lipinski definition) is 0. The molecule has 0 unspecified atom stereocenters. The first kappa shape index (κ1) is 37.1. The van der Waals surface area contributed by atoms with Crippen LogP contribution < -0.4 is 4.90 Å². The summed E-state index contributed by atoms with van der Waals surface area (Å²) in [6.45, 7) is 0. The van der Waals surface area contributed by atoms with Crippen molar-refractivity contribution in [2.45, 2.75) is 0 Å². The molecule has 12 rings (SSSR count). The Balaban J connectivity index is 0.944. The van der Waals surface area contributed by atoms with Crippen LogP contribution in [0.4, 0.5) is 17.1 Å². The van der Waals surface area contributed by atoms with E-state index in [1.807, 2.05) is 12.1 Å². The number of nitrogens with zero attached hydrogens (tertiary/aromatic N) is 4. The molecule has 0 fully saturated rings. The van der Waals surface area contributed by atoms with E-state index in [9.17, 15) is 0 Å². The number of rotatable bonds is 8. The molecule has 0 bridgehead atoms. The fraction of sp³-hybridized carbons (Fsp3) is 0. The molecule has 2 heterocycles. The second-order valence-corrected chi connectivity index (χ2v) is 16.0. The molecule has 0 atom stereocenters. The molecule has 5 nitrogen and oxygen atoms in total. The Kier molecular flexibility index (Phi) is 9.08. The van der Waals surface area contributed by atoms with Crippen molar-refractivity contribution >= 4 is 60.5 Å². The highest BCUT2D eigenvalue weighted by atomic mass is 16.3. The summed E-state index contributed by atoms with van der Waals surface area (Å²) in [4.78, 5) is 17.9. The van der Waals surface area contributed by atoms with Crippen molar-refractivity contribution in [3.05, 3.63) is 231 Å². The summed E-state index contributed by atoms with van der Waals surface area (Å²) in [5, 5.41) is 6.48. The van der Waals surface area contributed by atoms with E-state index in [0.29, 0.717) is 17.5 Å². The molecule has 0 aliphatic carbocycles. The zero-order valence-corrected chi connectivity index (χ0v) is 34.6. The van der Waals surface area contributed by atoms with Crippen LogP contribution >= 0.6 is 0 Å². The molecule has 0 radical (unpaired) electrons. The van der Waals surface area contributed by atoms with Gasteiger partial charge in [0, 0.05) is 44.5 Å². The molecule has 0 amide bonds. The maximum Gasteiger partial charge on any atom is 0.164 e. The van der Waals surface area contributed by atoms with Gasteiger partial charge in [-0.15, -0.1) is 0 Å². The molecule has 10 aromatic carbocycles. The number of fused-ring (bicyclic) bond motifs is 5. The van der Waals surface area contributed by atoms with Crippen LogP contribution in [0.2, 0.25) is 0 Å². The molecule has 300 valence electrons. The largest absolute Gasteiger partial charge is 0.456 e. The first-order valence-electron chi connectivity index (χ1n) is 21.5. The van der Waals surface area contributed by atoms with E-state index in [4.69, 9.17) is 19.4 Å². The summed E-state index contributed by atoms with van der Waals surface area (Å²) in [6.07, 6.45) is 0. The minimum Gasteiger partial charge on any atom is -0.456 e. The van der Waals surface area contributed by atoms with Crippen LogP contribution in [0.15, 0.2) is 235 Å². The molecule has 12 aromatic rings. The number of aromatic nitrogens is 3. The fourth-order valence-electron chi connectivity index (χ4n) is 8.97. The summed E-state index contributed by atoms with van der Waals surface area (Å²) in [5.74, 6) is 1.82. The zero-order valence-electron chi connectivity index (χ0n) is 34.6. The lowest BCUT2D eigenvalue weighted by Crippen LogP contribution is -2.09. The van der Waals surface area contributed by atoms with Crippen LogP contribution in [0, 0.1) is 0 Å². The summed E-state index contributed by atoms with van der Waals surface area (Å²) in [5.41, 5.74) is 12.1. The van der Waals surface area contributed by atoms with E-state index < -0.39 is 0 Å². The van der Waals surface area contributed by atoms with Crippen LogP contribution in [0.5, 0.6) is 0 Å². The summed E-state index contributed by atoms with van der Waals surface area (Å²) in [6, 6.07) is 80.5. The topological polar surface area (TPSA) is 55.1 Å². The normalized spacial score (nSPS) is 11.4. The second kappa shape index (κ2) is 15.7. The van der Waals surface area contributed by atoms with E-state index in [0.717, 1.165) is 83.0 Å². The van der Waals surface area contributed by atoms with Crippen LogP contribution in [0.1, 0.15) is 0 Å². The Morgan fingerprint density at radius 3 is 1.70 bits per heavy atom. The molecule has 2 aromatic heterocycles. The quantitative estimate of drug-likeness (QED) is 0.153. The number of anilines is 3. The highest BCUT2D eigenvalue weighted by molar-refractivity contribution is 6.12. The molecule has 0 N–H and O–H groups in total. The minimum absolute atomic E-state index is 0.589. The summed E-state index contributed by atoms with van der Waals surface area (Å²) < 4.78 is 6.66. The Hall–Kier alpha value is -8.67. The third kappa shape index (κ3) is 6.73. The van der Waals surface area contributed by atoms with Gasteiger partial charge < -0.3 is 9.32 Å². The van der Waals surface area contributed by atoms with Crippen molar-refractivity contribution in [1.29, 1.82) is 0 Å². The smallest absolute Gasteiger partial charge is 0.164 e. The predicted molar refractivity (Wildman–Crippen MR) is 264 cm³/mol. The average molecular weight is 819 g/mol. The summed E-state index contributed by atoms with van der Waals surface area (Å²) in [7, 11) is 0. The predicted octanol–water partition coefficient (Wildman–Crippen LogP) is 15.9. The number of hydrogen-bond acceptors (Lipinski definition) is 5. The lowest BCUT2D eigenvalue weighted by Gasteiger charge is -2.26. The van der Waals surface area contributed by atoms with E-state index in [2.05, 4.69) is 223 Å². The SMILES string of the molecule is c1ccc(-c2cccc(N(c3ccccc3)c3ccc(-c4ccc5c(c4)oc4cccc(-c6nc(-c7ccc8ccccc8c7)nc(-c7cccc8ccccc78)n6)c45)cc3)c2)cc1. The van der Waals surface area contributed by atoms with E-state index >= 15 is 0 Å². The van der Waals surface area contributed by atoms with Gasteiger partial charge in [0.1, 0.15) is 11.2 Å². The minimum atomic E-state index is 0.589. The van der Waals surface area contributed by atoms with Crippen LogP contribution in [-0.2, 0) is 0 Å². The van der Waals surface area contributed by atoms with Gasteiger partial charge >= 0.3 is 0 Å². The Labute approximate surface area is 370 Å². The van der Waals surface area contributed by atoms with Gasteiger partial charge in [0.25, 0.3) is 0 Å². The molecule has 0 spiro atoms. The first-order valence-corrected chi connectivity index (χ1v) is 21.5. The van der Waals surface area contributed by atoms with Crippen LogP contribution in [0.3, 0.4) is 0 Å². The van der Waals surface area contributed by atoms with Gasteiger partial charge in [0.05, 0.1) is 0 Å². The van der Waals surface area contributed by atoms with E-state index in [1.165, 1.54) is 16.5 Å². The molecule has 0 aliphatic heterocycles. The number of furan rings is 1. The van der Waals surface area contributed by atoms with Gasteiger partial charge in [0.2, 0.25) is 0 Å². The fourth-order valence-corrected chi connectivity index (χ4v) is 8.97. The van der Waals surface area contributed by atoms with Crippen LogP contribution in [-0.4, -0.2) is 15.0 Å². The third-order valence-electron chi connectivity index (χ3n) is 12.1. The Morgan fingerprint density at radius 1 is 0.297 bits per heavy atom. The van der Waals surface area contributed by atoms with Crippen molar-refractivity contribution in [2.75, 3.05) is 4.90 Å². The summed E-state index contributed by atoms with van der Waals surface area (Å²) >= 11 is 0. The molecular formula is C59H38N4O. The zero-order chi connectivity index (χ0) is 42.4. The molecule has 0 saturated heterocycles. The highest BCUT2D eigenvalue weighted by Crippen LogP contribution is 2.41. The lowest BCUT2D eigenvalue weighted by atomic mass is 10.0. The second-order valence-electron chi connectivity index (χ2n) is 16.0. The van der Waals surface area contributed by atoms with Crippen molar-refractivity contribution < 1.29 is 4.42 Å². The van der Waals surface area contributed by atoms with Gasteiger partial charge in [-0.1, -0.05) is 170 Å². The van der Waals surface area contributed by atoms with Crippen molar-refractivity contribution in [3.8, 4) is 56.4 Å². The highest BCUT2D eigenvalue weighted by Gasteiger charge is 2.20. The monoisotopic (exact) mass is 818 g/mol. The van der Waals surface area contributed by atoms with Gasteiger partial charge in [-0.25, -0.2) is 15.0 Å². The Morgan fingerprint density at radius 2 is 0.859 bits per heavy atom. The van der Waals surface area contributed by atoms with Gasteiger partial charge in [-0.3, -0.25) is 0 Å². The number of para-hydroxylation sites is 1. The molecule has 0 aliphatic rings. The third-order valence-corrected chi connectivity index (χ3v) is 12.1.